The standard InChI is InChI=1S/C17H13N3O/c1-2-5-13-10-14(8-7-12(13)4-1)21-11-16-19-15-6-3-9-18-17(15)20-16/h1-10H,11H2,(H,18,19,20). The van der Waals surface area contributed by atoms with E-state index in [-0.39, 0.29) is 0 Å². The summed E-state index contributed by atoms with van der Waals surface area (Å²) < 4.78 is 5.81. The molecular weight excluding hydrogens is 262 g/mol. The van der Waals surface area contributed by atoms with Gasteiger partial charge in [-0.15, -0.1) is 0 Å². The van der Waals surface area contributed by atoms with Crippen molar-refractivity contribution in [3.63, 3.8) is 0 Å². The molecule has 0 aliphatic carbocycles. The minimum Gasteiger partial charge on any atom is -0.486 e. The normalized spacial score (nSPS) is 11.0. The molecule has 0 amide bonds. The van der Waals surface area contributed by atoms with E-state index in [0.717, 1.165) is 22.7 Å². The maximum absolute atomic E-state index is 5.81. The number of benzene rings is 2. The van der Waals surface area contributed by atoms with E-state index in [1.165, 1.54) is 10.8 Å². The van der Waals surface area contributed by atoms with Crippen LogP contribution >= 0.6 is 0 Å². The predicted molar refractivity (Wildman–Crippen MR) is 82.2 cm³/mol. The third-order valence-electron chi connectivity index (χ3n) is 3.40. The number of imidazole rings is 1. The van der Waals surface area contributed by atoms with Crippen LogP contribution in [-0.2, 0) is 6.61 Å². The first-order valence-corrected chi connectivity index (χ1v) is 6.80. The predicted octanol–water partition coefficient (Wildman–Crippen LogP) is 3.69. The van der Waals surface area contributed by atoms with Gasteiger partial charge in [-0.25, -0.2) is 9.97 Å². The topological polar surface area (TPSA) is 50.8 Å². The van der Waals surface area contributed by atoms with E-state index in [2.05, 4.69) is 33.2 Å². The monoisotopic (exact) mass is 275 g/mol. The van der Waals surface area contributed by atoms with Crippen LogP contribution < -0.4 is 4.74 Å². The molecule has 1 N–H and O–H groups in total. The summed E-state index contributed by atoms with van der Waals surface area (Å²) in [5.74, 6) is 1.61. The number of fused-ring (bicyclic) bond motifs is 2. The van der Waals surface area contributed by atoms with Crippen molar-refractivity contribution < 1.29 is 4.74 Å². The summed E-state index contributed by atoms with van der Waals surface area (Å²) in [6, 6.07) is 18.1. The molecule has 2 heterocycles. The van der Waals surface area contributed by atoms with Gasteiger partial charge in [-0.05, 0) is 35.0 Å². The number of ether oxygens (including phenoxy) is 1. The molecule has 0 fully saturated rings. The van der Waals surface area contributed by atoms with Gasteiger partial charge in [0.25, 0.3) is 0 Å². The molecule has 21 heavy (non-hydrogen) atoms. The molecule has 4 heteroatoms. The van der Waals surface area contributed by atoms with Crippen molar-refractivity contribution in [2.75, 3.05) is 0 Å². The first-order valence-electron chi connectivity index (χ1n) is 6.80. The van der Waals surface area contributed by atoms with E-state index in [0.29, 0.717) is 6.61 Å². The molecular formula is C17H13N3O. The summed E-state index contributed by atoms with van der Waals surface area (Å²) in [5.41, 5.74) is 1.64. The van der Waals surface area contributed by atoms with Gasteiger partial charge in [-0.1, -0.05) is 30.3 Å². The fourth-order valence-electron chi connectivity index (χ4n) is 2.37. The smallest absolute Gasteiger partial charge is 0.177 e. The number of H-pyrrole nitrogens is 1. The molecule has 102 valence electrons. The zero-order chi connectivity index (χ0) is 14.1. The van der Waals surface area contributed by atoms with Crippen molar-refractivity contribution in [3.05, 3.63) is 66.6 Å². The minimum absolute atomic E-state index is 0.398. The maximum atomic E-state index is 5.81. The molecule has 2 aromatic carbocycles. The Hall–Kier alpha value is -2.88. The molecule has 0 unspecified atom stereocenters. The Morgan fingerprint density at radius 2 is 1.86 bits per heavy atom. The number of nitrogens with one attached hydrogen (secondary N) is 1. The summed E-state index contributed by atoms with van der Waals surface area (Å²) in [4.78, 5) is 11.8. The summed E-state index contributed by atoms with van der Waals surface area (Å²) in [6.45, 7) is 0.398. The van der Waals surface area contributed by atoms with Crippen molar-refractivity contribution in [2.45, 2.75) is 6.61 Å². The fraction of sp³-hybridized carbons (Fsp3) is 0.0588. The fourth-order valence-corrected chi connectivity index (χ4v) is 2.37. The van der Waals surface area contributed by atoms with Crippen molar-refractivity contribution >= 4 is 21.9 Å². The van der Waals surface area contributed by atoms with E-state index >= 15 is 0 Å². The lowest BCUT2D eigenvalue weighted by Gasteiger charge is -2.05. The van der Waals surface area contributed by atoms with E-state index in [1.54, 1.807) is 6.20 Å². The van der Waals surface area contributed by atoms with E-state index < -0.39 is 0 Å². The van der Waals surface area contributed by atoms with Gasteiger partial charge in [-0.2, -0.15) is 0 Å². The Labute approximate surface area is 121 Å². The number of rotatable bonds is 3. The lowest BCUT2D eigenvalue weighted by Crippen LogP contribution is -1.97. The van der Waals surface area contributed by atoms with Crippen molar-refractivity contribution in [1.29, 1.82) is 0 Å². The number of hydrogen-bond donors (Lipinski definition) is 1. The average molecular weight is 275 g/mol. The Kier molecular flexibility index (Phi) is 2.78. The van der Waals surface area contributed by atoms with Crippen molar-refractivity contribution in [2.24, 2.45) is 0 Å². The lowest BCUT2D eigenvalue weighted by molar-refractivity contribution is 0.298. The van der Waals surface area contributed by atoms with Crippen molar-refractivity contribution in [3.8, 4) is 5.75 Å². The van der Waals surface area contributed by atoms with Crippen LogP contribution in [0.25, 0.3) is 21.9 Å². The van der Waals surface area contributed by atoms with Crippen LogP contribution in [0.1, 0.15) is 5.82 Å². The second-order valence-corrected chi connectivity index (χ2v) is 4.86. The number of nitrogens with zero attached hydrogens (tertiary/aromatic N) is 2. The molecule has 4 aromatic rings. The molecule has 0 spiro atoms. The Morgan fingerprint density at radius 3 is 2.76 bits per heavy atom. The number of aromatic amines is 1. The van der Waals surface area contributed by atoms with Crippen LogP contribution in [-0.4, -0.2) is 15.0 Å². The maximum Gasteiger partial charge on any atom is 0.177 e. The Bertz CT molecular complexity index is 881. The number of aromatic nitrogens is 3. The first kappa shape index (κ1) is 11.9. The van der Waals surface area contributed by atoms with E-state index in [1.807, 2.05) is 36.4 Å². The Morgan fingerprint density at radius 1 is 0.952 bits per heavy atom. The molecule has 0 atom stereocenters. The highest BCUT2D eigenvalue weighted by Gasteiger charge is 2.04. The molecule has 0 saturated heterocycles. The highest BCUT2D eigenvalue weighted by molar-refractivity contribution is 5.83. The Balaban J connectivity index is 1.57. The van der Waals surface area contributed by atoms with Gasteiger partial charge in [0.1, 0.15) is 18.2 Å². The molecule has 4 rings (SSSR count). The van der Waals surface area contributed by atoms with E-state index in [4.69, 9.17) is 4.74 Å². The molecule has 2 aromatic heterocycles. The van der Waals surface area contributed by atoms with E-state index in [9.17, 15) is 0 Å². The zero-order valence-corrected chi connectivity index (χ0v) is 11.3. The molecule has 0 aliphatic rings. The average Bonchev–Trinajstić information content (AvgIpc) is 2.95. The summed E-state index contributed by atoms with van der Waals surface area (Å²) in [5, 5.41) is 2.37. The van der Waals surface area contributed by atoms with Gasteiger partial charge in [0, 0.05) is 6.20 Å². The lowest BCUT2D eigenvalue weighted by atomic mass is 10.1. The summed E-state index contributed by atoms with van der Waals surface area (Å²) in [6.07, 6.45) is 1.73. The van der Waals surface area contributed by atoms with Gasteiger partial charge in [0.05, 0.1) is 5.52 Å². The number of hydrogen-bond acceptors (Lipinski definition) is 3. The third kappa shape index (κ3) is 2.31. The molecule has 0 saturated carbocycles. The number of pyridine rings is 1. The molecule has 0 aliphatic heterocycles. The summed E-state index contributed by atoms with van der Waals surface area (Å²) in [7, 11) is 0. The molecule has 0 bridgehead atoms. The summed E-state index contributed by atoms with van der Waals surface area (Å²) >= 11 is 0. The zero-order valence-electron chi connectivity index (χ0n) is 11.3. The first-order chi connectivity index (χ1) is 10.4. The second-order valence-electron chi connectivity index (χ2n) is 4.86. The second kappa shape index (κ2) is 4.90. The molecule has 0 radical (unpaired) electrons. The van der Waals surface area contributed by atoms with Crippen LogP contribution in [0.3, 0.4) is 0 Å². The van der Waals surface area contributed by atoms with Gasteiger partial charge >= 0.3 is 0 Å². The largest absolute Gasteiger partial charge is 0.486 e. The highest BCUT2D eigenvalue weighted by Crippen LogP contribution is 2.21. The third-order valence-corrected chi connectivity index (χ3v) is 3.40. The van der Waals surface area contributed by atoms with Gasteiger partial charge in [0.15, 0.2) is 5.65 Å². The SMILES string of the molecule is c1ccc2cc(OCc3nc4ncccc4[nH]3)ccc2c1. The van der Waals surface area contributed by atoms with Crippen LogP contribution in [0.4, 0.5) is 0 Å². The van der Waals surface area contributed by atoms with Crippen LogP contribution in [0.2, 0.25) is 0 Å². The van der Waals surface area contributed by atoms with Crippen LogP contribution in [0.5, 0.6) is 5.75 Å². The molecule has 4 nitrogen and oxygen atoms in total. The van der Waals surface area contributed by atoms with Crippen molar-refractivity contribution in [1.82, 2.24) is 15.0 Å². The van der Waals surface area contributed by atoms with Crippen LogP contribution in [0, 0.1) is 0 Å². The van der Waals surface area contributed by atoms with Gasteiger partial charge in [-0.3, -0.25) is 0 Å². The minimum atomic E-state index is 0.398. The highest BCUT2D eigenvalue weighted by atomic mass is 16.5. The van der Waals surface area contributed by atoms with Gasteiger partial charge in [0.2, 0.25) is 0 Å². The van der Waals surface area contributed by atoms with Crippen LogP contribution in [0.15, 0.2) is 60.8 Å². The quantitative estimate of drug-likeness (QED) is 0.620. The van der Waals surface area contributed by atoms with Gasteiger partial charge < -0.3 is 9.72 Å².